The Morgan fingerprint density at radius 1 is 1.19 bits per heavy atom. The van der Waals surface area contributed by atoms with Crippen LogP contribution in [-0.2, 0) is 9.53 Å². The molecule has 1 aromatic heterocycles. The molecule has 0 spiro atoms. The fourth-order valence-corrected chi connectivity index (χ4v) is 3.29. The molecule has 0 bridgehead atoms. The van der Waals surface area contributed by atoms with E-state index in [1.165, 1.54) is 17.4 Å². The first kappa shape index (κ1) is 18.8. The summed E-state index contributed by atoms with van der Waals surface area (Å²) in [6.07, 6.45) is 5.04. The number of thiazole rings is 1. The van der Waals surface area contributed by atoms with Crippen molar-refractivity contribution < 1.29 is 14.3 Å². The Kier molecular flexibility index (Phi) is 6.33. The number of esters is 1. The summed E-state index contributed by atoms with van der Waals surface area (Å²) in [6, 6.07) is 14.8. The van der Waals surface area contributed by atoms with Crippen LogP contribution in [0.4, 0.5) is 5.13 Å². The van der Waals surface area contributed by atoms with E-state index in [9.17, 15) is 9.59 Å². The zero-order chi connectivity index (χ0) is 19.1. The average molecular weight is 380 g/mol. The Hall–Kier alpha value is -2.99. The minimum Gasteiger partial charge on any atom is -0.462 e. The molecule has 1 amide bonds. The average Bonchev–Trinajstić information content (AvgIpc) is 3.08. The van der Waals surface area contributed by atoms with Crippen LogP contribution in [0.3, 0.4) is 0 Å². The van der Waals surface area contributed by atoms with Gasteiger partial charge < -0.3 is 4.74 Å². The number of hydrogen-bond acceptors (Lipinski definition) is 5. The Morgan fingerprint density at radius 3 is 2.78 bits per heavy atom. The predicted molar refractivity (Wildman–Crippen MR) is 109 cm³/mol. The molecule has 0 aliphatic carbocycles. The molecule has 0 aliphatic rings. The van der Waals surface area contributed by atoms with Gasteiger partial charge in [0.05, 0.1) is 22.4 Å². The van der Waals surface area contributed by atoms with E-state index >= 15 is 0 Å². The maximum absolute atomic E-state index is 12.1. The molecule has 27 heavy (non-hydrogen) atoms. The molecule has 6 heteroatoms. The van der Waals surface area contributed by atoms with Crippen molar-refractivity contribution in [3.05, 3.63) is 65.7 Å². The zero-order valence-electron chi connectivity index (χ0n) is 15.0. The number of benzene rings is 2. The van der Waals surface area contributed by atoms with Crippen molar-refractivity contribution in [3.8, 4) is 0 Å². The van der Waals surface area contributed by atoms with Crippen LogP contribution in [0.5, 0.6) is 0 Å². The van der Waals surface area contributed by atoms with Gasteiger partial charge in [-0.15, -0.1) is 0 Å². The molecule has 0 unspecified atom stereocenters. The quantitative estimate of drug-likeness (QED) is 0.359. The summed E-state index contributed by atoms with van der Waals surface area (Å²) >= 11 is 1.32. The number of aromatic nitrogens is 1. The third kappa shape index (κ3) is 5.24. The normalized spacial score (nSPS) is 11.0. The topological polar surface area (TPSA) is 68.3 Å². The molecule has 0 radical (unpaired) electrons. The van der Waals surface area contributed by atoms with Crippen molar-refractivity contribution in [3.63, 3.8) is 0 Å². The fourth-order valence-electron chi connectivity index (χ4n) is 2.38. The Balaban J connectivity index is 1.66. The molecule has 3 aromatic rings. The van der Waals surface area contributed by atoms with Gasteiger partial charge in [-0.2, -0.15) is 0 Å². The number of rotatable bonds is 7. The number of anilines is 1. The van der Waals surface area contributed by atoms with Crippen LogP contribution in [0.25, 0.3) is 16.3 Å². The molecular formula is C21H20N2O3S. The van der Waals surface area contributed by atoms with Gasteiger partial charge in [-0.05, 0) is 36.3 Å². The Morgan fingerprint density at radius 2 is 2.00 bits per heavy atom. The highest BCUT2D eigenvalue weighted by Gasteiger charge is 2.11. The first-order valence-corrected chi connectivity index (χ1v) is 9.59. The largest absolute Gasteiger partial charge is 0.462 e. The van der Waals surface area contributed by atoms with E-state index in [1.54, 1.807) is 24.3 Å². The smallest absolute Gasteiger partial charge is 0.338 e. The van der Waals surface area contributed by atoms with Gasteiger partial charge >= 0.3 is 5.97 Å². The van der Waals surface area contributed by atoms with E-state index in [0.717, 1.165) is 28.6 Å². The van der Waals surface area contributed by atoms with Gasteiger partial charge in [0.25, 0.3) is 0 Å². The maximum atomic E-state index is 12.1. The SMILES string of the molecule is CCCCOC(=O)c1ccc2nc(NC(=O)/C=C/c3ccccc3)sc2c1. The van der Waals surface area contributed by atoms with Crippen molar-refractivity contribution in [1.29, 1.82) is 0 Å². The van der Waals surface area contributed by atoms with Gasteiger partial charge in [-0.1, -0.05) is 55.0 Å². The number of ether oxygens (including phenoxy) is 1. The highest BCUT2D eigenvalue weighted by atomic mass is 32.1. The van der Waals surface area contributed by atoms with Gasteiger partial charge in [-0.25, -0.2) is 9.78 Å². The summed E-state index contributed by atoms with van der Waals surface area (Å²) in [5.74, 6) is -0.591. The molecule has 3 rings (SSSR count). The summed E-state index contributed by atoms with van der Waals surface area (Å²) in [5.41, 5.74) is 2.17. The fraction of sp³-hybridized carbons (Fsp3) is 0.190. The van der Waals surface area contributed by atoms with E-state index in [1.807, 2.05) is 37.3 Å². The van der Waals surface area contributed by atoms with Crippen LogP contribution in [0, 0.1) is 0 Å². The minimum absolute atomic E-state index is 0.253. The standard InChI is InChI=1S/C21H20N2O3S/c1-2-3-13-26-20(25)16-10-11-17-18(14-16)27-21(22-17)23-19(24)12-9-15-7-5-4-6-8-15/h4-12,14H,2-3,13H2,1H3,(H,22,23,24)/b12-9+. The van der Waals surface area contributed by atoms with Crippen LogP contribution < -0.4 is 5.32 Å². The highest BCUT2D eigenvalue weighted by Crippen LogP contribution is 2.27. The number of nitrogens with one attached hydrogen (secondary N) is 1. The number of nitrogens with zero attached hydrogens (tertiary/aromatic N) is 1. The second kappa shape index (κ2) is 9.09. The van der Waals surface area contributed by atoms with Gasteiger partial charge in [0.15, 0.2) is 5.13 Å². The zero-order valence-corrected chi connectivity index (χ0v) is 15.8. The molecule has 0 aliphatic heterocycles. The summed E-state index contributed by atoms with van der Waals surface area (Å²) in [7, 11) is 0. The first-order chi connectivity index (χ1) is 13.2. The number of amides is 1. The van der Waals surface area contributed by atoms with Crippen molar-refractivity contribution >= 4 is 44.6 Å². The molecule has 138 valence electrons. The third-order valence-electron chi connectivity index (χ3n) is 3.81. The number of carbonyl (C=O) groups excluding carboxylic acids is 2. The molecule has 0 fully saturated rings. The van der Waals surface area contributed by atoms with Gasteiger partial charge in [0.1, 0.15) is 0 Å². The summed E-state index contributed by atoms with van der Waals surface area (Å²) in [5, 5.41) is 3.25. The van der Waals surface area contributed by atoms with E-state index in [2.05, 4.69) is 10.3 Å². The Labute approximate surface area is 161 Å². The van der Waals surface area contributed by atoms with Crippen molar-refractivity contribution in [2.75, 3.05) is 11.9 Å². The molecule has 0 saturated carbocycles. The number of hydrogen-bond donors (Lipinski definition) is 1. The van der Waals surface area contributed by atoms with Gasteiger partial charge in [0, 0.05) is 6.08 Å². The second-order valence-electron chi connectivity index (χ2n) is 5.92. The van der Waals surface area contributed by atoms with E-state index in [-0.39, 0.29) is 11.9 Å². The van der Waals surface area contributed by atoms with E-state index in [0.29, 0.717) is 17.3 Å². The second-order valence-corrected chi connectivity index (χ2v) is 6.95. The Bertz CT molecular complexity index is 964. The molecule has 2 aromatic carbocycles. The van der Waals surface area contributed by atoms with Crippen molar-refractivity contribution in [1.82, 2.24) is 4.98 Å². The molecular weight excluding hydrogens is 360 g/mol. The van der Waals surface area contributed by atoms with Crippen LogP contribution >= 0.6 is 11.3 Å². The lowest BCUT2D eigenvalue weighted by Gasteiger charge is -2.03. The lowest BCUT2D eigenvalue weighted by molar-refractivity contribution is -0.111. The monoisotopic (exact) mass is 380 g/mol. The molecule has 0 atom stereocenters. The highest BCUT2D eigenvalue weighted by molar-refractivity contribution is 7.22. The van der Waals surface area contributed by atoms with Crippen LogP contribution in [0.15, 0.2) is 54.6 Å². The van der Waals surface area contributed by atoms with Crippen molar-refractivity contribution in [2.24, 2.45) is 0 Å². The molecule has 5 nitrogen and oxygen atoms in total. The molecule has 0 saturated heterocycles. The van der Waals surface area contributed by atoms with Gasteiger partial charge in [0.2, 0.25) is 5.91 Å². The number of carbonyl (C=O) groups is 2. The lowest BCUT2D eigenvalue weighted by atomic mass is 10.2. The van der Waals surface area contributed by atoms with Gasteiger partial charge in [-0.3, -0.25) is 10.1 Å². The van der Waals surface area contributed by atoms with E-state index in [4.69, 9.17) is 4.74 Å². The summed E-state index contributed by atoms with van der Waals surface area (Å²) in [6.45, 7) is 2.47. The van der Waals surface area contributed by atoms with Crippen LogP contribution in [0.1, 0.15) is 35.7 Å². The van der Waals surface area contributed by atoms with Crippen LogP contribution in [0.2, 0.25) is 0 Å². The predicted octanol–water partition coefficient (Wildman–Crippen LogP) is 4.91. The first-order valence-electron chi connectivity index (χ1n) is 8.77. The maximum Gasteiger partial charge on any atom is 0.338 e. The third-order valence-corrected chi connectivity index (χ3v) is 4.75. The minimum atomic E-state index is -0.338. The summed E-state index contributed by atoms with van der Waals surface area (Å²) < 4.78 is 6.05. The van der Waals surface area contributed by atoms with Crippen molar-refractivity contribution in [2.45, 2.75) is 19.8 Å². The lowest BCUT2D eigenvalue weighted by Crippen LogP contribution is -2.07. The number of fused-ring (bicyclic) bond motifs is 1. The molecule has 1 N–H and O–H groups in total. The van der Waals surface area contributed by atoms with Crippen LogP contribution in [-0.4, -0.2) is 23.5 Å². The number of unbranched alkanes of at least 4 members (excludes halogenated alkanes) is 1. The van der Waals surface area contributed by atoms with E-state index < -0.39 is 0 Å². The molecule has 1 heterocycles. The summed E-state index contributed by atoms with van der Waals surface area (Å²) in [4.78, 5) is 28.5.